The van der Waals surface area contributed by atoms with Crippen LogP contribution in [0.15, 0.2) is 85.2 Å². The van der Waals surface area contributed by atoms with Crippen LogP contribution in [0.1, 0.15) is 32.3 Å². The maximum Gasteiger partial charge on any atom is 0.269 e. The fourth-order valence-corrected chi connectivity index (χ4v) is 5.76. The number of carbonyl (C=O) groups excluding carboxylic acids is 1. The number of rotatable bonds is 8. The second kappa shape index (κ2) is 9.16. The lowest BCUT2D eigenvalue weighted by atomic mass is 10.1. The number of aromatic nitrogens is 1. The van der Waals surface area contributed by atoms with Crippen LogP contribution in [-0.4, -0.2) is 16.5 Å². The van der Waals surface area contributed by atoms with Gasteiger partial charge in [0.05, 0.1) is 4.92 Å². The Morgan fingerprint density at radius 1 is 1.00 bits per heavy atom. The summed E-state index contributed by atoms with van der Waals surface area (Å²) in [6.07, 6.45) is 5.93. The molecule has 0 fully saturated rings. The first-order chi connectivity index (χ1) is 16.1. The van der Waals surface area contributed by atoms with Crippen molar-refractivity contribution in [1.29, 1.82) is 0 Å². The molecule has 3 aromatic carbocycles. The number of hydrogen-bond donors (Lipinski definition) is 0. The lowest BCUT2D eigenvalue weighted by Gasteiger charge is -2.11. The molecule has 0 spiro atoms. The number of nitrogens with zero attached hydrogens (tertiary/aromatic N) is 2. The quantitative estimate of drug-likeness (QED) is 0.152. The SMILES string of the molecule is O=C(C[n+]1ccc(CCSC2Cc3cccc4cccc2c34)cc1)c1ccc([N+](=O)[O-])cc1. The predicted octanol–water partition coefficient (Wildman–Crippen LogP) is 5.49. The highest BCUT2D eigenvalue weighted by atomic mass is 32.2. The van der Waals surface area contributed by atoms with Gasteiger partial charge in [0.25, 0.3) is 5.69 Å². The average Bonchev–Trinajstić information content (AvgIpc) is 3.20. The van der Waals surface area contributed by atoms with Gasteiger partial charge in [-0.3, -0.25) is 14.9 Å². The first-order valence-corrected chi connectivity index (χ1v) is 12.0. The second-order valence-electron chi connectivity index (χ2n) is 8.28. The van der Waals surface area contributed by atoms with Gasteiger partial charge in [-0.15, -0.1) is 0 Å². The monoisotopic (exact) mass is 455 g/mol. The molecule has 1 heterocycles. The topological polar surface area (TPSA) is 64.1 Å². The van der Waals surface area contributed by atoms with Crippen LogP contribution in [0.5, 0.6) is 0 Å². The minimum Gasteiger partial charge on any atom is -0.287 e. The summed E-state index contributed by atoms with van der Waals surface area (Å²) in [4.78, 5) is 22.8. The lowest BCUT2D eigenvalue weighted by molar-refractivity contribution is -0.683. The molecule has 5 nitrogen and oxygen atoms in total. The summed E-state index contributed by atoms with van der Waals surface area (Å²) in [7, 11) is 0. The fraction of sp³-hybridized carbons (Fsp3) is 0.185. The maximum atomic E-state index is 12.5. The molecule has 33 heavy (non-hydrogen) atoms. The molecule has 6 heteroatoms. The third-order valence-corrected chi connectivity index (χ3v) is 7.43. The van der Waals surface area contributed by atoms with Gasteiger partial charge in [-0.25, -0.2) is 0 Å². The number of nitro groups is 1. The Morgan fingerprint density at radius 3 is 2.45 bits per heavy atom. The Balaban J connectivity index is 1.15. The third-order valence-electron chi connectivity index (χ3n) is 6.17. The molecule has 1 aliphatic rings. The van der Waals surface area contributed by atoms with Crippen LogP contribution in [0, 0.1) is 10.1 Å². The zero-order chi connectivity index (χ0) is 22.8. The highest BCUT2D eigenvalue weighted by Crippen LogP contribution is 2.44. The Hall–Kier alpha value is -3.51. The van der Waals surface area contributed by atoms with Crippen molar-refractivity contribution >= 4 is 34.0 Å². The number of carbonyl (C=O) groups is 1. The first kappa shape index (κ1) is 21.3. The fourth-order valence-electron chi connectivity index (χ4n) is 4.45. The molecule has 0 bridgehead atoms. The molecule has 1 aromatic heterocycles. The van der Waals surface area contributed by atoms with Gasteiger partial charge in [0, 0.05) is 35.1 Å². The van der Waals surface area contributed by atoms with E-state index in [0.29, 0.717) is 10.8 Å². The molecule has 164 valence electrons. The zero-order valence-electron chi connectivity index (χ0n) is 18.0. The van der Waals surface area contributed by atoms with Crippen LogP contribution >= 0.6 is 11.8 Å². The van der Waals surface area contributed by atoms with E-state index in [-0.39, 0.29) is 18.0 Å². The third kappa shape index (κ3) is 4.52. The summed E-state index contributed by atoms with van der Waals surface area (Å²) in [6, 6.07) is 23.1. The van der Waals surface area contributed by atoms with Crippen LogP contribution < -0.4 is 4.57 Å². The number of aryl methyl sites for hydroxylation is 1. The Morgan fingerprint density at radius 2 is 1.73 bits per heavy atom. The molecule has 1 atom stereocenters. The van der Waals surface area contributed by atoms with Gasteiger partial charge in [-0.1, -0.05) is 36.4 Å². The summed E-state index contributed by atoms with van der Waals surface area (Å²) in [5, 5.41) is 14.1. The molecule has 0 N–H and O–H groups in total. The number of Topliss-reactive ketones (excluding diaryl/α,β-unsaturated/α-hetero) is 1. The highest BCUT2D eigenvalue weighted by Gasteiger charge is 2.24. The molecular weight excluding hydrogens is 432 g/mol. The summed E-state index contributed by atoms with van der Waals surface area (Å²) >= 11 is 2.01. The van der Waals surface area contributed by atoms with E-state index in [9.17, 15) is 14.9 Å². The Bertz CT molecular complexity index is 1330. The van der Waals surface area contributed by atoms with E-state index in [0.717, 1.165) is 18.6 Å². The molecule has 0 saturated carbocycles. The lowest BCUT2D eigenvalue weighted by Crippen LogP contribution is -2.37. The van der Waals surface area contributed by atoms with Crippen molar-refractivity contribution in [1.82, 2.24) is 0 Å². The Labute approximate surface area is 196 Å². The van der Waals surface area contributed by atoms with Crippen LogP contribution in [-0.2, 0) is 19.4 Å². The smallest absolute Gasteiger partial charge is 0.269 e. The van der Waals surface area contributed by atoms with Gasteiger partial charge >= 0.3 is 0 Å². The Kier molecular flexibility index (Phi) is 5.92. The second-order valence-corrected chi connectivity index (χ2v) is 9.59. The van der Waals surface area contributed by atoms with Crippen LogP contribution in [0.2, 0.25) is 0 Å². The summed E-state index contributed by atoms with van der Waals surface area (Å²) in [6.45, 7) is 0.206. The number of ketones is 1. The van der Waals surface area contributed by atoms with Crippen molar-refractivity contribution in [3.63, 3.8) is 0 Å². The van der Waals surface area contributed by atoms with E-state index in [2.05, 4.69) is 48.5 Å². The molecule has 1 unspecified atom stereocenters. The van der Waals surface area contributed by atoms with Gasteiger partial charge in [-0.2, -0.15) is 16.3 Å². The number of hydrogen-bond acceptors (Lipinski definition) is 4. The first-order valence-electron chi connectivity index (χ1n) is 11.0. The normalized spacial score (nSPS) is 14.5. The van der Waals surface area contributed by atoms with E-state index in [4.69, 9.17) is 0 Å². The number of pyridine rings is 1. The average molecular weight is 456 g/mol. The number of nitro benzene ring substituents is 1. The highest BCUT2D eigenvalue weighted by molar-refractivity contribution is 7.99. The van der Waals surface area contributed by atoms with Crippen LogP contribution in [0.25, 0.3) is 10.8 Å². The molecule has 0 saturated heterocycles. The summed E-state index contributed by atoms with van der Waals surface area (Å²) < 4.78 is 1.84. The molecule has 1 aliphatic carbocycles. The van der Waals surface area contributed by atoms with Crippen molar-refractivity contribution in [2.45, 2.75) is 24.6 Å². The maximum absolute atomic E-state index is 12.5. The van der Waals surface area contributed by atoms with E-state index in [1.807, 2.05) is 28.7 Å². The molecule has 4 aromatic rings. The zero-order valence-corrected chi connectivity index (χ0v) is 18.8. The molecule has 0 amide bonds. The van der Waals surface area contributed by atoms with Crippen LogP contribution in [0.4, 0.5) is 5.69 Å². The van der Waals surface area contributed by atoms with Crippen molar-refractivity contribution in [2.75, 3.05) is 5.75 Å². The summed E-state index contributed by atoms with van der Waals surface area (Å²) in [5.74, 6) is 0.967. The van der Waals surface area contributed by atoms with Crippen molar-refractivity contribution < 1.29 is 14.3 Å². The van der Waals surface area contributed by atoms with Crippen molar-refractivity contribution in [2.24, 2.45) is 0 Å². The van der Waals surface area contributed by atoms with Gasteiger partial charge in [0.2, 0.25) is 12.3 Å². The standard InChI is InChI=1S/C27H23N2O3S/c30-25(20-7-9-23(10-8-20)29(31)32)18-28-14-11-19(12-15-28)13-16-33-26-17-22-5-1-3-21-4-2-6-24(26)27(21)22/h1-12,14-15,26H,13,16-18H2/q+1. The van der Waals surface area contributed by atoms with Crippen molar-refractivity contribution in [3.8, 4) is 0 Å². The van der Waals surface area contributed by atoms with Gasteiger partial charge < -0.3 is 0 Å². The number of benzene rings is 3. The van der Waals surface area contributed by atoms with Gasteiger partial charge in [-0.05, 0) is 58.2 Å². The van der Waals surface area contributed by atoms with E-state index in [1.165, 1.54) is 51.7 Å². The van der Waals surface area contributed by atoms with Gasteiger partial charge in [0.15, 0.2) is 12.4 Å². The van der Waals surface area contributed by atoms with E-state index < -0.39 is 4.92 Å². The number of thioether (sulfide) groups is 1. The van der Waals surface area contributed by atoms with Gasteiger partial charge in [0.1, 0.15) is 0 Å². The van der Waals surface area contributed by atoms with E-state index in [1.54, 1.807) is 0 Å². The minimum atomic E-state index is -0.466. The largest absolute Gasteiger partial charge is 0.287 e. The minimum absolute atomic E-state index is 0.0143. The van der Waals surface area contributed by atoms with E-state index >= 15 is 0 Å². The summed E-state index contributed by atoms with van der Waals surface area (Å²) in [5.41, 5.74) is 4.62. The van der Waals surface area contributed by atoms with Crippen LogP contribution in [0.3, 0.4) is 0 Å². The molecular formula is C27H23N2O3S+. The predicted molar refractivity (Wildman–Crippen MR) is 131 cm³/mol. The molecule has 0 radical (unpaired) electrons. The molecule has 5 rings (SSSR count). The molecule has 0 aliphatic heterocycles. The van der Waals surface area contributed by atoms with Crippen molar-refractivity contribution in [3.05, 3.63) is 118 Å². The number of non-ortho nitro benzene ring substituents is 1.